The number of pyridine rings is 1. The Morgan fingerprint density at radius 3 is 2.65 bits per heavy atom. The van der Waals surface area contributed by atoms with Crippen LogP contribution in [-0.2, 0) is 18.0 Å². The van der Waals surface area contributed by atoms with E-state index in [1.54, 1.807) is 26.4 Å². The first-order chi connectivity index (χ1) is 16.2. The fourth-order valence-electron chi connectivity index (χ4n) is 3.75. The van der Waals surface area contributed by atoms with Gasteiger partial charge in [0.1, 0.15) is 28.8 Å². The number of rotatable bonds is 3. The topological polar surface area (TPSA) is 115 Å². The maximum atomic E-state index is 13.0. The summed E-state index contributed by atoms with van der Waals surface area (Å²) >= 11 is 0. The number of ether oxygens (including phenoxy) is 1. The number of H-pyrrole nitrogens is 1. The molecular weight excluding hydrogens is 453 g/mol. The zero-order chi connectivity index (χ0) is 24.0. The van der Waals surface area contributed by atoms with Gasteiger partial charge in [-0.1, -0.05) is 0 Å². The summed E-state index contributed by atoms with van der Waals surface area (Å²) in [4.78, 5) is 32.0. The van der Waals surface area contributed by atoms with Gasteiger partial charge in [-0.3, -0.25) is 19.4 Å². The van der Waals surface area contributed by atoms with Crippen LogP contribution in [0.25, 0.3) is 22.3 Å². The first-order valence-electron chi connectivity index (χ1n) is 10.4. The number of aryl methyl sites for hydroxylation is 1. The van der Waals surface area contributed by atoms with Crippen LogP contribution in [0.3, 0.4) is 0 Å². The normalized spacial score (nSPS) is 16.9. The van der Waals surface area contributed by atoms with Crippen molar-refractivity contribution in [2.24, 2.45) is 7.05 Å². The number of nitrogens with one attached hydrogen (secondary N) is 1. The van der Waals surface area contributed by atoms with Gasteiger partial charge in [-0.15, -0.1) is 0 Å². The summed E-state index contributed by atoms with van der Waals surface area (Å²) in [7, 11) is 1.58. The zero-order valence-electron chi connectivity index (χ0n) is 18.2. The largest absolute Gasteiger partial charge is 0.433 e. The number of fused-ring (bicyclic) bond motifs is 1. The van der Waals surface area contributed by atoms with Crippen LogP contribution in [0.2, 0.25) is 0 Å². The number of hydrogen-bond acceptors (Lipinski definition) is 8. The van der Waals surface area contributed by atoms with Gasteiger partial charge in [-0.25, -0.2) is 15.0 Å². The molecular formula is C21H19F3N8O2. The smallest absolute Gasteiger partial charge is 0.370 e. The van der Waals surface area contributed by atoms with Crippen molar-refractivity contribution in [2.75, 3.05) is 24.6 Å². The van der Waals surface area contributed by atoms with Crippen molar-refractivity contribution in [1.82, 2.24) is 34.7 Å². The van der Waals surface area contributed by atoms with Crippen molar-refractivity contribution in [3.8, 4) is 11.3 Å². The van der Waals surface area contributed by atoms with Gasteiger partial charge in [0.15, 0.2) is 5.52 Å². The molecule has 176 valence electrons. The highest BCUT2D eigenvalue weighted by atomic mass is 19.4. The molecule has 1 N–H and O–H groups in total. The van der Waals surface area contributed by atoms with E-state index in [0.29, 0.717) is 31.1 Å². The number of halogens is 3. The Morgan fingerprint density at radius 2 is 1.97 bits per heavy atom. The molecule has 5 heterocycles. The fraction of sp³-hybridized carbons (Fsp3) is 0.333. The van der Waals surface area contributed by atoms with Crippen LogP contribution in [0.1, 0.15) is 23.2 Å². The van der Waals surface area contributed by atoms with Gasteiger partial charge in [-0.05, 0) is 19.1 Å². The molecule has 1 saturated heterocycles. The molecule has 1 fully saturated rings. The number of morpholine rings is 1. The minimum Gasteiger partial charge on any atom is -0.370 e. The average Bonchev–Trinajstić information content (AvgIpc) is 3.37. The summed E-state index contributed by atoms with van der Waals surface area (Å²) in [6, 6.07) is 2.14. The zero-order valence-corrected chi connectivity index (χ0v) is 18.2. The molecule has 10 nitrogen and oxygen atoms in total. The molecule has 4 aromatic rings. The molecule has 0 amide bonds. The van der Waals surface area contributed by atoms with Crippen molar-refractivity contribution >= 4 is 17.0 Å². The van der Waals surface area contributed by atoms with Crippen molar-refractivity contribution < 1.29 is 17.9 Å². The highest BCUT2D eigenvalue weighted by Crippen LogP contribution is 2.31. The lowest BCUT2D eigenvalue weighted by molar-refractivity contribution is -0.141. The Hall–Kier alpha value is -3.87. The third-order valence-electron chi connectivity index (χ3n) is 5.71. The molecule has 1 aliphatic heterocycles. The second-order valence-corrected chi connectivity index (χ2v) is 7.86. The van der Waals surface area contributed by atoms with Crippen LogP contribution in [-0.4, -0.2) is 54.4 Å². The Bertz CT molecular complexity index is 1400. The van der Waals surface area contributed by atoms with Crippen LogP contribution in [0.5, 0.6) is 0 Å². The number of alkyl halides is 3. The van der Waals surface area contributed by atoms with Gasteiger partial charge in [0.2, 0.25) is 5.95 Å². The molecule has 0 radical (unpaired) electrons. The molecule has 0 saturated carbocycles. The molecule has 13 heteroatoms. The van der Waals surface area contributed by atoms with Crippen LogP contribution < -0.4 is 10.5 Å². The monoisotopic (exact) mass is 472 g/mol. The third-order valence-corrected chi connectivity index (χ3v) is 5.71. The van der Waals surface area contributed by atoms with E-state index in [1.807, 2.05) is 4.90 Å². The molecule has 34 heavy (non-hydrogen) atoms. The quantitative estimate of drug-likeness (QED) is 0.484. The SMILES string of the molecule is Cc1nc2c(-c3ccc(C(F)(F)F)nc3)nc(N3CCOC(c4cn[nH]c4)C3)nc2c(=O)n1C. The maximum absolute atomic E-state index is 13.0. The lowest BCUT2D eigenvalue weighted by Gasteiger charge is -2.32. The minimum atomic E-state index is -4.57. The van der Waals surface area contributed by atoms with Crippen molar-refractivity contribution in [3.63, 3.8) is 0 Å². The summed E-state index contributed by atoms with van der Waals surface area (Å²) in [6.07, 6.45) is -0.384. The fourth-order valence-corrected chi connectivity index (χ4v) is 3.75. The highest BCUT2D eigenvalue weighted by Gasteiger charge is 2.32. The standard InChI is InChI=1S/C21H19F3N8O2/c1-11-28-17-16(12-3-4-15(25-7-12)21(22,23)24)29-20(30-18(17)19(33)31(11)2)32-5-6-34-14(10-32)13-8-26-27-9-13/h3-4,7-9,14H,5-6,10H2,1-2H3,(H,26,27). The second kappa shape index (κ2) is 8.17. The molecule has 1 atom stereocenters. The number of aromatic nitrogens is 7. The summed E-state index contributed by atoms with van der Waals surface area (Å²) in [5.41, 5.74) is 0.239. The number of hydrogen-bond donors (Lipinski definition) is 1. The number of aromatic amines is 1. The first-order valence-corrected chi connectivity index (χ1v) is 10.4. The summed E-state index contributed by atoms with van der Waals surface area (Å²) in [5, 5.41) is 6.70. The van der Waals surface area contributed by atoms with Crippen LogP contribution in [0, 0.1) is 6.92 Å². The van der Waals surface area contributed by atoms with E-state index < -0.39 is 11.9 Å². The van der Waals surface area contributed by atoms with Crippen LogP contribution in [0.15, 0.2) is 35.5 Å². The van der Waals surface area contributed by atoms with Gasteiger partial charge < -0.3 is 9.64 Å². The maximum Gasteiger partial charge on any atom is 0.433 e. The predicted octanol–water partition coefficient (Wildman–Crippen LogP) is 2.41. The lowest BCUT2D eigenvalue weighted by atomic mass is 10.1. The van der Waals surface area contributed by atoms with E-state index in [2.05, 4.69) is 30.1 Å². The van der Waals surface area contributed by atoms with Gasteiger partial charge in [0.05, 0.1) is 19.3 Å². The Morgan fingerprint density at radius 1 is 1.15 bits per heavy atom. The first kappa shape index (κ1) is 21.9. The van der Waals surface area contributed by atoms with E-state index >= 15 is 0 Å². The predicted molar refractivity (Wildman–Crippen MR) is 115 cm³/mol. The second-order valence-electron chi connectivity index (χ2n) is 7.86. The average molecular weight is 472 g/mol. The van der Waals surface area contributed by atoms with Gasteiger partial charge in [-0.2, -0.15) is 18.3 Å². The van der Waals surface area contributed by atoms with Crippen molar-refractivity contribution in [1.29, 1.82) is 0 Å². The molecule has 0 aliphatic carbocycles. The van der Waals surface area contributed by atoms with Crippen LogP contribution >= 0.6 is 0 Å². The summed E-state index contributed by atoms with van der Waals surface area (Å²) in [6.45, 7) is 2.90. The Balaban J connectivity index is 1.65. The summed E-state index contributed by atoms with van der Waals surface area (Å²) in [5.74, 6) is 0.670. The number of anilines is 1. The molecule has 0 aromatic carbocycles. The van der Waals surface area contributed by atoms with E-state index in [1.165, 1.54) is 10.6 Å². The van der Waals surface area contributed by atoms with E-state index in [0.717, 1.165) is 17.8 Å². The molecule has 1 aliphatic rings. The Kier molecular flexibility index (Phi) is 5.27. The molecule has 0 bridgehead atoms. The molecule has 0 spiro atoms. The molecule has 5 rings (SSSR count). The van der Waals surface area contributed by atoms with Gasteiger partial charge >= 0.3 is 6.18 Å². The Labute approximate surface area is 190 Å². The van der Waals surface area contributed by atoms with Crippen LogP contribution in [0.4, 0.5) is 19.1 Å². The van der Waals surface area contributed by atoms with Gasteiger partial charge in [0, 0.05) is 37.1 Å². The highest BCUT2D eigenvalue weighted by molar-refractivity contribution is 5.89. The van der Waals surface area contributed by atoms with E-state index in [9.17, 15) is 18.0 Å². The van der Waals surface area contributed by atoms with Gasteiger partial charge in [0.25, 0.3) is 5.56 Å². The van der Waals surface area contributed by atoms with Crippen molar-refractivity contribution in [2.45, 2.75) is 19.2 Å². The van der Waals surface area contributed by atoms with Crippen molar-refractivity contribution in [3.05, 3.63) is 58.2 Å². The van der Waals surface area contributed by atoms with E-state index in [4.69, 9.17) is 4.74 Å². The molecule has 4 aromatic heterocycles. The van der Waals surface area contributed by atoms with E-state index in [-0.39, 0.29) is 34.3 Å². The summed E-state index contributed by atoms with van der Waals surface area (Å²) < 4.78 is 46.2. The lowest BCUT2D eigenvalue weighted by Crippen LogP contribution is -2.39. The third kappa shape index (κ3) is 3.87. The molecule has 1 unspecified atom stereocenters. The minimum absolute atomic E-state index is 0.0688. The number of nitrogens with zero attached hydrogens (tertiary/aromatic N) is 7.